The zero-order valence-corrected chi connectivity index (χ0v) is 22.9. The van der Waals surface area contributed by atoms with E-state index in [0.717, 1.165) is 29.5 Å². The van der Waals surface area contributed by atoms with Crippen LogP contribution in [0.5, 0.6) is 5.75 Å². The van der Waals surface area contributed by atoms with Crippen LogP contribution in [0.3, 0.4) is 0 Å². The zero-order valence-electron chi connectivity index (χ0n) is 22.9. The highest BCUT2D eigenvalue weighted by Gasteiger charge is 2.48. The number of nitrogens with zero attached hydrogens (tertiary/aromatic N) is 1. The van der Waals surface area contributed by atoms with Crippen molar-refractivity contribution in [3.63, 3.8) is 0 Å². The van der Waals surface area contributed by atoms with Crippen LogP contribution in [0.25, 0.3) is 5.76 Å². The highest BCUT2D eigenvalue weighted by molar-refractivity contribution is 6.15. The normalized spacial score (nSPS) is 14.3. The number of rotatable bonds is 10. The monoisotopic (exact) mass is 564 g/mol. The molecule has 8 nitrogen and oxygen atoms in total. The molecule has 0 bridgehead atoms. The van der Waals surface area contributed by atoms with E-state index in [9.17, 15) is 14.7 Å². The van der Waals surface area contributed by atoms with Crippen molar-refractivity contribution in [3.05, 3.63) is 100 Å². The maximum Gasteiger partial charge on any atom is 0.408 e. The van der Waals surface area contributed by atoms with Crippen LogP contribution in [0, 0.1) is 18.6 Å². The molecular weight excluding hydrogens is 534 g/mol. The Labute approximate surface area is 236 Å². The fourth-order valence-corrected chi connectivity index (χ4v) is 4.23. The lowest BCUT2D eigenvalue weighted by Gasteiger charge is -2.19. The smallest absolute Gasteiger partial charge is 0.408 e. The van der Waals surface area contributed by atoms with E-state index < -0.39 is 46.1 Å². The molecule has 0 aliphatic heterocycles. The van der Waals surface area contributed by atoms with Gasteiger partial charge in [-0.25, -0.2) is 18.4 Å². The van der Waals surface area contributed by atoms with Crippen LogP contribution in [0.1, 0.15) is 42.0 Å². The second-order valence-corrected chi connectivity index (χ2v) is 9.47. The number of carbonyl (C=O) groups is 2. The summed E-state index contributed by atoms with van der Waals surface area (Å²) in [7, 11) is 1.52. The van der Waals surface area contributed by atoms with Gasteiger partial charge in [0.2, 0.25) is 0 Å². The maximum atomic E-state index is 15.4. The third kappa shape index (κ3) is 6.89. The summed E-state index contributed by atoms with van der Waals surface area (Å²) in [4.78, 5) is 29.3. The lowest BCUT2D eigenvalue weighted by atomic mass is 9.99. The Hall–Kier alpha value is -4.73. The molecule has 41 heavy (non-hydrogen) atoms. The van der Waals surface area contributed by atoms with Crippen molar-refractivity contribution in [2.24, 2.45) is 4.99 Å². The number of aryl methyl sites for hydroxylation is 1. The van der Waals surface area contributed by atoms with Crippen molar-refractivity contribution in [2.45, 2.75) is 38.8 Å². The van der Waals surface area contributed by atoms with Crippen LogP contribution in [0.15, 0.2) is 71.2 Å². The number of esters is 1. The first-order chi connectivity index (χ1) is 19.7. The Bertz CT molecular complexity index is 1500. The Morgan fingerprint density at radius 1 is 1.05 bits per heavy atom. The number of benzene rings is 3. The highest BCUT2D eigenvalue weighted by atomic mass is 19.1. The minimum atomic E-state index is -1.14. The lowest BCUT2D eigenvalue weighted by molar-refractivity contribution is -0.137. The number of aliphatic imine (C=N–C) groups is 1. The Kier molecular flexibility index (Phi) is 9.01. The van der Waals surface area contributed by atoms with Gasteiger partial charge in [-0.15, -0.1) is 0 Å². The Morgan fingerprint density at radius 2 is 1.78 bits per heavy atom. The molecule has 0 radical (unpaired) electrons. The molecule has 0 spiro atoms. The minimum Gasteiger partial charge on any atom is -0.506 e. The van der Waals surface area contributed by atoms with E-state index in [1.165, 1.54) is 7.11 Å². The van der Waals surface area contributed by atoms with Gasteiger partial charge in [0.15, 0.2) is 0 Å². The van der Waals surface area contributed by atoms with E-state index in [0.29, 0.717) is 24.3 Å². The highest BCUT2D eigenvalue weighted by Crippen LogP contribution is 2.47. The molecule has 10 heteroatoms. The molecule has 1 amide bonds. The van der Waals surface area contributed by atoms with Crippen molar-refractivity contribution in [1.29, 1.82) is 0 Å². The van der Waals surface area contributed by atoms with Crippen LogP contribution in [0.2, 0.25) is 0 Å². The number of carbonyl (C=O) groups excluding carboxylic acids is 2. The van der Waals surface area contributed by atoms with E-state index >= 15 is 8.78 Å². The third-order valence-electron chi connectivity index (χ3n) is 6.62. The van der Waals surface area contributed by atoms with Gasteiger partial charge in [0.1, 0.15) is 35.3 Å². The first-order valence-electron chi connectivity index (χ1n) is 12.9. The van der Waals surface area contributed by atoms with E-state index in [1.54, 1.807) is 44.2 Å². The molecule has 0 aromatic heterocycles. The maximum absolute atomic E-state index is 15.4. The van der Waals surface area contributed by atoms with E-state index in [4.69, 9.17) is 14.2 Å². The van der Waals surface area contributed by atoms with Crippen molar-refractivity contribution in [3.8, 4) is 5.75 Å². The summed E-state index contributed by atoms with van der Waals surface area (Å²) in [5.41, 5.74) is -0.305. The number of hydrogen-bond donors (Lipinski definition) is 2. The number of aliphatic hydroxyl groups excluding tert-OH is 1. The lowest BCUT2D eigenvalue weighted by Crippen LogP contribution is -2.36. The van der Waals surface area contributed by atoms with Gasteiger partial charge in [-0.3, -0.25) is 4.99 Å². The number of alkyl carbamates (subject to hydrolysis) is 1. The second-order valence-electron chi connectivity index (χ2n) is 9.47. The largest absolute Gasteiger partial charge is 0.506 e. The van der Waals surface area contributed by atoms with Crippen LogP contribution < -0.4 is 10.1 Å². The third-order valence-corrected chi connectivity index (χ3v) is 6.62. The summed E-state index contributed by atoms with van der Waals surface area (Å²) in [5.74, 6) is -3.08. The number of methoxy groups -OCH3 is 1. The summed E-state index contributed by atoms with van der Waals surface area (Å²) in [6, 6.07) is 15.8. The predicted molar refractivity (Wildman–Crippen MR) is 149 cm³/mol. The number of aliphatic hydroxyl groups is 1. The molecule has 1 aliphatic carbocycles. The van der Waals surface area contributed by atoms with Crippen LogP contribution in [0.4, 0.5) is 19.3 Å². The predicted octanol–water partition coefficient (Wildman–Crippen LogP) is 6.43. The molecule has 214 valence electrons. The summed E-state index contributed by atoms with van der Waals surface area (Å²) in [6.07, 6.45) is 1.01. The van der Waals surface area contributed by atoms with Crippen LogP contribution in [-0.4, -0.2) is 37.1 Å². The van der Waals surface area contributed by atoms with E-state index in [2.05, 4.69) is 10.3 Å². The van der Waals surface area contributed by atoms with Gasteiger partial charge in [0.05, 0.1) is 30.5 Å². The Balaban J connectivity index is 1.60. The zero-order chi connectivity index (χ0) is 29.6. The molecule has 4 rings (SSSR count). The summed E-state index contributed by atoms with van der Waals surface area (Å²) >= 11 is 0. The van der Waals surface area contributed by atoms with Gasteiger partial charge in [-0.05, 0) is 68.1 Å². The molecule has 0 unspecified atom stereocenters. The van der Waals surface area contributed by atoms with Crippen molar-refractivity contribution in [1.82, 2.24) is 5.32 Å². The van der Waals surface area contributed by atoms with E-state index in [-0.39, 0.29) is 18.8 Å². The number of ether oxygens (including phenoxy) is 3. The molecular formula is C31H30F2N2O6. The number of amides is 1. The Morgan fingerprint density at radius 3 is 2.41 bits per heavy atom. The van der Waals surface area contributed by atoms with Gasteiger partial charge >= 0.3 is 12.1 Å². The number of halogens is 2. The van der Waals surface area contributed by atoms with Gasteiger partial charge in [-0.2, -0.15) is 0 Å². The second kappa shape index (κ2) is 12.6. The topological polar surface area (TPSA) is 106 Å². The SMILES string of the molecule is CCOC(=O)/C(C=Nc1ccc(OC)cc1C)=C(/O)c1cc(F)c(C2(NC(=O)OCc3ccccc3)CC2)cc1F. The summed E-state index contributed by atoms with van der Waals surface area (Å²) in [6.45, 7) is 3.34. The molecule has 1 aliphatic rings. The molecule has 0 saturated heterocycles. The number of hydrogen-bond acceptors (Lipinski definition) is 7. The minimum absolute atomic E-state index is 0.0185. The number of nitrogens with one attached hydrogen (secondary N) is 1. The van der Waals surface area contributed by atoms with Crippen molar-refractivity contribution < 1.29 is 37.7 Å². The summed E-state index contributed by atoms with van der Waals surface area (Å²) < 4.78 is 46.1. The van der Waals surface area contributed by atoms with Gasteiger partial charge in [-0.1, -0.05) is 30.3 Å². The van der Waals surface area contributed by atoms with E-state index in [1.807, 2.05) is 18.2 Å². The van der Waals surface area contributed by atoms with Crippen LogP contribution in [-0.2, 0) is 26.4 Å². The first-order valence-corrected chi connectivity index (χ1v) is 12.9. The molecule has 0 heterocycles. The molecule has 3 aromatic rings. The summed E-state index contributed by atoms with van der Waals surface area (Å²) in [5, 5.41) is 13.5. The fourth-order valence-electron chi connectivity index (χ4n) is 4.23. The fraction of sp³-hybridized carbons (Fsp3) is 0.258. The average Bonchev–Trinajstić information content (AvgIpc) is 3.74. The van der Waals surface area contributed by atoms with Gasteiger partial charge in [0.25, 0.3) is 0 Å². The molecule has 2 N–H and O–H groups in total. The van der Waals surface area contributed by atoms with Crippen molar-refractivity contribution >= 4 is 29.7 Å². The van der Waals surface area contributed by atoms with Crippen LogP contribution >= 0.6 is 0 Å². The average molecular weight is 565 g/mol. The van der Waals surface area contributed by atoms with Gasteiger partial charge in [0, 0.05) is 11.8 Å². The van der Waals surface area contributed by atoms with Gasteiger partial charge < -0.3 is 24.6 Å². The molecule has 1 saturated carbocycles. The first kappa shape index (κ1) is 29.3. The molecule has 1 fully saturated rings. The molecule has 0 atom stereocenters. The molecule has 3 aromatic carbocycles. The quantitative estimate of drug-likeness (QED) is 0.127. The van der Waals surface area contributed by atoms with Crippen molar-refractivity contribution in [2.75, 3.05) is 13.7 Å². The standard InChI is InChI=1S/C31H30F2N2O6/c1-4-40-29(37)23(17-34-27-11-10-21(39-3)14-19(27)2)28(36)22-15-26(33)24(16-25(22)32)31(12-13-31)35-30(38)41-18-20-8-6-5-7-9-20/h5-11,14-17,36H,4,12-13,18H2,1-3H3,(H,35,38)/b28-23+,34-17?.